The standard InChI is InChI=1S/C14H26N2O3S2/c1-3-15-11-9-13-7-8-14(20-13)21(17,18)16-10-5-4-6-12-19-2/h7-8,15-16H,3-6,9-12H2,1-2H3. The molecule has 0 aliphatic heterocycles. The third-order valence-electron chi connectivity index (χ3n) is 3.02. The highest BCUT2D eigenvalue weighted by molar-refractivity contribution is 7.91. The zero-order valence-electron chi connectivity index (χ0n) is 12.9. The first-order chi connectivity index (χ1) is 10.1. The average Bonchev–Trinajstić information content (AvgIpc) is 2.93. The first kappa shape index (κ1) is 18.6. The van der Waals surface area contributed by atoms with E-state index in [0.717, 1.165) is 50.3 Å². The minimum absolute atomic E-state index is 0.408. The average molecular weight is 335 g/mol. The van der Waals surface area contributed by atoms with Gasteiger partial charge in [0, 0.05) is 25.1 Å². The van der Waals surface area contributed by atoms with Gasteiger partial charge in [0.1, 0.15) is 4.21 Å². The summed E-state index contributed by atoms with van der Waals surface area (Å²) >= 11 is 1.35. The van der Waals surface area contributed by atoms with Crippen LogP contribution in [0.25, 0.3) is 0 Å². The van der Waals surface area contributed by atoms with Gasteiger partial charge in [-0.2, -0.15) is 0 Å². The van der Waals surface area contributed by atoms with Crippen LogP contribution >= 0.6 is 11.3 Å². The van der Waals surface area contributed by atoms with E-state index in [1.807, 2.05) is 6.07 Å². The Morgan fingerprint density at radius 2 is 2.00 bits per heavy atom. The Kier molecular flexibility index (Phi) is 9.10. The van der Waals surface area contributed by atoms with E-state index in [2.05, 4.69) is 17.0 Å². The number of nitrogens with one attached hydrogen (secondary N) is 2. The van der Waals surface area contributed by atoms with Gasteiger partial charge in [-0.1, -0.05) is 6.92 Å². The van der Waals surface area contributed by atoms with Crippen LogP contribution in [0.2, 0.25) is 0 Å². The fraction of sp³-hybridized carbons (Fsp3) is 0.714. The number of likely N-dealkylation sites (N-methyl/N-ethyl adjacent to an activating group) is 1. The molecule has 0 unspecified atom stereocenters. The summed E-state index contributed by atoms with van der Waals surface area (Å²) < 4.78 is 32.3. The van der Waals surface area contributed by atoms with Crippen molar-refractivity contribution in [2.24, 2.45) is 0 Å². The Labute approximate surface area is 132 Å². The Morgan fingerprint density at radius 3 is 2.71 bits per heavy atom. The molecule has 0 atom stereocenters. The van der Waals surface area contributed by atoms with Crippen molar-refractivity contribution >= 4 is 21.4 Å². The van der Waals surface area contributed by atoms with Crippen LogP contribution in [-0.2, 0) is 21.2 Å². The Balaban J connectivity index is 2.36. The zero-order valence-corrected chi connectivity index (χ0v) is 14.5. The van der Waals surface area contributed by atoms with E-state index in [-0.39, 0.29) is 0 Å². The van der Waals surface area contributed by atoms with Crippen LogP contribution < -0.4 is 10.0 Å². The van der Waals surface area contributed by atoms with Crippen LogP contribution in [0.1, 0.15) is 31.1 Å². The second-order valence-electron chi connectivity index (χ2n) is 4.78. The predicted molar refractivity (Wildman–Crippen MR) is 87.5 cm³/mol. The van der Waals surface area contributed by atoms with Gasteiger partial charge in [0.15, 0.2) is 0 Å². The molecule has 7 heteroatoms. The second-order valence-corrected chi connectivity index (χ2v) is 7.94. The Hall–Kier alpha value is -0.470. The number of unbranched alkanes of at least 4 members (excludes halogenated alkanes) is 2. The molecule has 0 saturated heterocycles. The molecule has 122 valence electrons. The molecule has 5 nitrogen and oxygen atoms in total. The molecular formula is C14H26N2O3S2. The predicted octanol–water partition coefficient (Wildman–Crippen LogP) is 2.00. The van der Waals surface area contributed by atoms with E-state index >= 15 is 0 Å². The molecule has 21 heavy (non-hydrogen) atoms. The minimum atomic E-state index is -3.35. The van der Waals surface area contributed by atoms with Gasteiger partial charge in [0.25, 0.3) is 0 Å². The smallest absolute Gasteiger partial charge is 0.250 e. The van der Waals surface area contributed by atoms with Crippen molar-refractivity contribution in [1.29, 1.82) is 0 Å². The first-order valence-electron chi connectivity index (χ1n) is 7.38. The number of hydrogen-bond acceptors (Lipinski definition) is 5. The van der Waals surface area contributed by atoms with Crippen molar-refractivity contribution in [3.63, 3.8) is 0 Å². The maximum atomic E-state index is 12.1. The lowest BCUT2D eigenvalue weighted by molar-refractivity contribution is 0.192. The molecule has 0 fully saturated rings. The van der Waals surface area contributed by atoms with Gasteiger partial charge < -0.3 is 10.1 Å². The largest absolute Gasteiger partial charge is 0.385 e. The van der Waals surface area contributed by atoms with Crippen LogP contribution in [-0.4, -0.2) is 41.8 Å². The van der Waals surface area contributed by atoms with Crippen LogP contribution in [0.3, 0.4) is 0 Å². The molecule has 0 amide bonds. The minimum Gasteiger partial charge on any atom is -0.385 e. The summed E-state index contributed by atoms with van der Waals surface area (Å²) in [6.07, 6.45) is 3.63. The fourth-order valence-electron chi connectivity index (χ4n) is 1.85. The Morgan fingerprint density at radius 1 is 1.19 bits per heavy atom. The molecule has 1 rings (SSSR count). The van der Waals surface area contributed by atoms with Crippen LogP contribution in [0.5, 0.6) is 0 Å². The lowest BCUT2D eigenvalue weighted by Crippen LogP contribution is -2.24. The molecular weight excluding hydrogens is 308 g/mol. The fourth-order valence-corrected chi connectivity index (χ4v) is 4.33. The summed E-state index contributed by atoms with van der Waals surface area (Å²) in [5, 5.41) is 3.23. The quantitative estimate of drug-likeness (QED) is 0.574. The van der Waals surface area contributed by atoms with Crippen molar-refractivity contribution < 1.29 is 13.2 Å². The van der Waals surface area contributed by atoms with E-state index < -0.39 is 10.0 Å². The molecule has 0 aromatic carbocycles. The normalized spacial score (nSPS) is 11.9. The summed E-state index contributed by atoms with van der Waals surface area (Å²) in [6, 6.07) is 3.59. The second kappa shape index (κ2) is 10.3. The van der Waals surface area contributed by atoms with Crippen molar-refractivity contribution in [3.05, 3.63) is 17.0 Å². The van der Waals surface area contributed by atoms with Crippen molar-refractivity contribution in [2.45, 2.75) is 36.8 Å². The molecule has 0 aliphatic carbocycles. The topological polar surface area (TPSA) is 67.4 Å². The molecule has 1 aromatic rings. The highest BCUT2D eigenvalue weighted by Crippen LogP contribution is 2.21. The van der Waals surface area contributed by atoms with Gasteiger partial charge in [0.2, 0.25) is 10.0 Å². The van der Waals surface area contributed by atoms with Crippen molar-refractivity contribution in [2.75, 3.05) is 33.4 Å². The highest BCUT2D eigenvalue weighted by atomic mass is 32.2. The number of sulfonamides is 1. The van der Waals surface area contributed by atoms with Crippen molar-refractivity contribution in [3.8, 4) is 0 Å². The van der Waals surface area contributed by atoms with Gasteiger partial charge in [-0.25, -0.2) is 13.1 Å². The van der Waals surface area contributed by atoms with E-state index in [1.54, 1.807) is 13.2 Å². The van der Waals surface area contributed by atoms with Crippen molar-refractivity contribution in [1.82, 2.24) is 10.0 Å². The maximum absolute atomic E-state index is 12.1. The summed E-state index contributed by atoms with van der Waals surface area (Å²) in [5.74, 6) is 0. The molecule has 2 N–H and O–H groups in total. The summed E-state index contributed by atoms with van der Waals surface area (Å²) in [6.45, 7) is 5.08. The third-order valence-corrected chi connectivity index (χ3v) is 6.12. The van der Waals surface area contributed by atoms with E-state index in [0.29, 0.717) is 10.8 Å². The maximum Gasteiger partial charge on any atom is 0.250 e. The summed E-state index contributed by atoms with van der Waals surface area (Å²) in [5.41, 5.74) is 0. The van der Waals surface area contributed by atoms with Gasteiger partial charge in [-0.05, 0) is 50.9 Å². The summed E-state index contributed by atoms with van der Waals surface area (Å²) in [4.78, 5) is 1.09. The molecule has 1 heterocycles. The molecule has 0 spiro atoms. The van der Waals surface area contributed by atoms with E-state index in [1.165, 1.54) is 11.3 Å². The molecule has 1 aromatic heterocycles. The molecule has 0 saturated carbocycles. The van der Waals surface area contributed by atoms with Gasteiger partial charge in [-0.3, -0.25) is 0 Å². The lowest BCUT2D eigenvalue weighted by atomic mass is 10.2. The van der Waals surface area contributed by atoms with Crippen LogP contribution in [0.15, 0.2) is 16.3 Å². The number of hydrogen-bond donors (Lipinski definition) is 2. The monoisotopic (exact) mass is 334 g/mol. The zero-order chi connectivity index (χ0) is 15.6. The lowest BCUT2D eigenvalue weighted by Gasteiger charge is -2.04. The molecule has 0 radical (unpaired) electrons. The van der Waals surface area contributed by atoms with Crippen LogP contribution in [0, 0.1) is 0 Å². The number of methoxy groups -OCH3 is 1. The van der Waals surface area contributed by atoms with E-state index in [4.69, 9.17) is 4.74 Å². The summed E-state index contributed by atoms with van der Waals surface area (Å²) in [7, 11) is -1.67. The SMILES string of the molecule is CCNCCc1ccc(S(=O)(=O)NCCCCCOC)s1. The van der Waals surface area contributed by atoms with Gasteiger partial charge >= 0.3 is 0 Å². The number of thiophene rings is 1. The first-order valence-corrected chi connectivity index (χ1v) is 9.68. The third kappa shape index (κ3) is 7.37. The number of ether oxygens (including phenoxy) is 1. The highest BCUT2D eigenvalue weighted by Gasteiger charge is 2.15. The Bertz CT molecular complexity index is 486. The number of rotatable bonds is 12. The van der Waals surface area contributed by atoms with Gasteiger partial charge in [-0.15, -0.1) is 11.3 Å². The van der Waals surface area contributed by atoms with Gasteiger partial charge in [0.05, 0.1) is 0 Å². The van der Waals surface area contributed by atoms with E-state index in [9.17, 15) is 8.42 Å². The molecule has 0 aliphatic rings. The van der Waals surface area contributed by atoms with Crippen LogP contribution in [0.4, 0.5) is 0 Å². The molecule has 0 bridgehead atoms.